The molecule has 0 aliphatic heterocycles. The second-order valence-corrected chi connectivity index (χ2v) is 5.16. The highest BCUT2D eigenvalue weighted by Gasteiger charge is 2.17. The van der Waals surface area contributed by atoms with Crippen LogP contribution in [0.15, 0.2) is 12.1 Å². The molecule has 0 spiro atoms. The van der Waals surface area contributed by atoms with E-state index in [-0.39, 0.29) is 6.04 Å². The Bertz CT molecular complexity index is 394. The van der Waals surface area contributed by atoms with Gasteiger partial charge in [0.1, 0.15) is 0 Å². The van der Waals surface area contributed by atoms with Gasteiger partial charge in [-0.25, -0.2) is 0 Å². The van der Waals surface area contributed by atoms with Gasteiger partial charge in [-0.15, -0.1) is 0 Å². The van der Waals surface area contributed by atoms with E-state index < -0.39 is 0 Å². The van der Waals surface area contributed by atoms with Gasteiger partial charge >= 0.3 is 0 Å². The summed E-state index contributed by atoms with van der Waals surface area (Å²) in [6, 6.07) is 3.68. The summed E-state index contributed by atoms with van der Waals surface area (Å²) < 4.78 is 10.5. The minimum absolute atomic E-state index is 0.0697. The summed E-state index contributed by atoms with van der Waals surface area (Å²) >= 11 is 6.32. The Balaban J connectivity index is 2.96. The van der Waals surface area contributed by atoms with Crippen molar-refractivity contribution in [2.75, 3.05) is 14.2 Å². The molecule has 2 N–H and O–H groups in total. The van der Waals surface area contributed by atoms with Gasteiger partial charge in [0.2, 0.25) is 0 Å². The van der Waals surface area contributed by atoms with Crippen LogP contribution in [0.4, 0.5) is 0 Å². The Kier molecular flexibility index (Phi) is 5.76. The number of halogens is 1. The molecule has 0 aliphatic carbocycles. The van der Waals surface area contributed by atoms with Crippen molar-refractivity contribution in [2.45, 2.75) is 32.7 Å². The van der Waals surface area contributed by atoms with Crippen LogP contribution in [0, 0.1) is 5.92 Å². The monoisotopic (exact) mass is 271 g/mol. The lowest BCUT2D eigenvalue weighted by molar-refractivity contribution is 0.354. The number of methoxy groups -OCH3 is 2. The number of benzene rings is 1. The van der Waals surface area contributed by atoms with Crippen LogP contribution in [0.3, 0.4) is 0 Å². The normalized spacial score (nSPS) is 12.6. The molecule has 0 amide bonds. The van der Waals surface area contributed by atoms with Crippen LogP contribution in [-0.4, -0.2) is 14.2 Å². The molecule has 0 radical (unpaired) electrons. The maximum Gasteiger partial charge on any atom is 0.179 e. The van der Waals surface area contributed by atoms with Gasteiger partial charge in [0.15, 0.2) is 11.5 Å². The first-order valence-corrected chi connectivity index (χ1v) is 6.55. The first-order chi connectivity index (χ1) is 8.51. The summed E-state index contributed by atoms with van der Waals surface area (Å²) in [4.78, 5) is 0. The van der Waals surface area contributed by atoms with E-state index in [1.54, 1.807) is 14.2 Å². The molecule has 1 atom stereocenters. The summed E-state index contributed by atoms with van der Waals surface area (Å²) in [7, 11) is 3.17. The standard InChI is InChI=1S/C14H22ClNO2/c1-9(2)5-7-11(16)10-6-8-12(17-3)14(18-4)13(10)15/h6,8-9,11H,5,7,16H2,1-4H3/t11-/m0/s1. The van der Waals surface area contributed by atoms with Crippen LogP contribution in [0.1, 0.15) is 38.3 Å². The lowest BCUT2D eigenvalue weighted by Gasteiger charge is -2.18. The highest BCUT2D eigenvalue weighted by Crippen LogP contribution is 2.39. The number of hydrogen-bond donors (Lipinski definition) is 1. The van der Waals surface area contributed by atoms with Crippen molar-refractivity contribution in [3.63, 3.8) is 0 Å². The van der Waals surface area contributed by atoms with Gasteiger partial charge in [0.05, 0.1) is 19.2 Å². The Morgan fingerprint density at radius 1 is 1.17 bits per heavy atom. The third-order valence-corrected chi connectivity index (χ3v) is 3.36. The fourth-order valence-corrected chi connectivity index (χ4v) is 2.23. The van der Waals surface area contributed by atoms with Gasteiger partial charge in [0.25, 0.3) is 0 Å². The van der Waals surface area contributed by atoms with E-state index in [4.69, 9.17) is 26.8 Å². The molecule has 1 rings (SSSR count). The molecule has 1 aromatic carbocycles. The van der Waals surface area contributed by atoms with Gasteiger partial charge in [-0.3, -0.25) is 0 Å². The van der Waals surface area contributed by atoms with Crippen molar-refractivity contribution in [3.05, 3.63) is 22.7 Å². The summed E-state index contributed by atoms with van der Waals surface area (Å²) in [5.74, 6) is 1.81. The number of rotatable bonds is 6. The van der Waals surface area contributed by atoms with E-state index in [1.165, 1.54) is 0 Å². The Hall–Kier alpha value is -0.930. The van der Waals surface area contributed by atoms with E-state index in [0.717, 1.165) is 18.4 Å². The molecule has 0 fully saturated rings. The lowest BCUT2D eigenvalue weighted by Crippen LogP contribution is -2.12. The van der Waals surface area contributed by atoms with E-state index >= 15 is 0 Å². The fraction of sp³-hybridized carbons (Fsp3) is 0.571. The van der Waals surface area contributed by atoms with Gasteiger partial charge < -0.3 is 15.2 Å². The topological polar surface area (TPSA) is 44.5 Å². The van der Waals surface area contributed by atoms with Crippen LogP contribution in [0.2, 0.25) is 5.02 Å². The maximum absolute atomic E-state index is 6.32. The smallest absolute Gasteiger partial charge is 0.179 e. The predicted molar refractivity (Wildman–Crippen MR) is 75.6 cm³/mol. The highest BCUT2D eigenvalue weighted by atomic mass is 35.5. The molecular weight excluding hydrogens is 250 g/mol. The zero-order chi connectivity index (χ0) is 13.7. The average Bonchev–Trinajstić information content (AvgIpc) is 2.35. The number of nitrogens with two attached hydrogens (primary N) is 1. The van der Waals surface area contributed by atoms with Gasteiger partial charge in [-0.05, 0) is 30.4 Å². The first kappa shape index (κ1) is 15.1. The zero-order valence-corrected chi connectivity index (χ0v) is 12.3. The molecule has 0 unspecified atom stereocenters. The minimum atomic E-state index is -0.0697. The molecule has 0 saturated heterocycles. The highest BCUT2D eigenvalue weighted by molar-refractivity contribution is 6.33. The van der Waals surface area contributed by atoms with Gasteiger partial charge in [-0.1, -0.05) is 31.5 Å². The van der Waals surface area contributed by atoms with Crippen molar-refractivity contribution in [3.8, 4) is 11.5 Å². The third kappa shape index (κ3) is 3.53. The Labute approximate surface area is 114 Å². The molecular formula is C14H22ClNO2. The summed E-state index contributed by atoms with van der Waals surface area (Å²) in [5.41, 5.74) is 7.09. The third-order valence-electron chi connectivity index (χ3n) is 2.97. The maximum atomic E-state index is 6.32. The lowest BCUT2D eigenvalue weighted by atomic mass is 9.98. The van der Waals surface area contributed by atoms with Gasteiger partial charge in [-0.2, -0.15) is 0 Å². The number of hydrogen-bond acceptors (Lipinski definition) is 3. The molecule has 4 heteroatoms. The van der Waals surface area contributed by atoms with Crippen molar-refractivity contribution in [2.24, 2.45) is 11.7 Å². The number of ether oxygens (including phenoxy) is 2. The van der Waals surface area contributed by atoms with Gasteiger partial charge in [0, 0.05) is 6.04 Å². The van der Waals surface area contributed by atoms with Crippen LogP contribution in [-0.2, 0) is 0 Å². The van der Waals surface area contributed by atoms with Crippen molar-refractivity contribution < 1.29 is 9.47 Å². The fourth-order valence-electron chi connectivity index (χ4n) is 1.86. The van der Waals surface area contributed by atoms with E-state index in [0.29, 0.717) is 22.4 Å². The first-order valence-electron chi connectivity index (χ1n) is 6.17. The van der Waals surface area contributed by atoms with E-state index in [1.807, 2.05) is 12.1 Å². The molecule has 1 aromatic rings. The zero-order valence-electron chi connectivity index (χ0n) is 11.5. The average molecular weight is 272 g/mol. The minimum Gasteiger partial charge on any atom is -0.493 e. The van der Waals surface area contributed by atoms with Crippen LogP contribution < -0.4 is 15.2 Å². The van der Waals surface area contributed by atoms with E-state index in [9.17, 15) is 0 Å². The molecule has 0 saturated carbocycles. The van der Waals surface area contributed by atoms with Crippen LogP contribution >= 0.6 is 11.6 Å². The Morgan fingerprint density at radius 2 is 1.83 bits per heavy atom. The van der Waals surface area contributed by atoms with Crippen molar-refractivity contribution in [1.29, 1.82) is 0 Å². The molecule has 0 aliphatic rings. The van der Waals surface area contributed by atoms with E-state index in [2.05, 4.69) is 13.8 Å². The van der Waals surface area contributed by atoms with Crippen molar-refractivity contribution >= 4 is 11.6 Å². The summed E-state index contributed by atoms with van der Waals surface area (Å²) in [6.45, 7) is 4.37. The SMILES string of the molecule is COc1ccc([C@@H](N)CCC(C)C)c(Cl)c1OC. The molecule has 0 heterocycles. The summed E-state index contributed by atoms with van der Waals surface area (Å²) in [5, 5.41) is 0.549. The predicted octanol–water partition coefficient (Wildman–Crippen LogP) is 3.79. The summed E-state index contributed by atoms with van der Waals surface area (Å²) in [6.07, 6.45) is 1.98. The van der Waals surface area contributed by atoms with Crippen molar-refractivity contribution in [1.82, 2.24) is 0 Å². The molecule has 102 valence electrons. The molecule has 0 aromatic heterocycles. The second kappa shape index (κ2) is 6.86. The Morgan fingerprint density at radius 3 is 2.33 bits per heavy atom. The molecule has 18 heavy (non-hydrogen) atoms. The second-order valence-electron chi connectivity index (χ2n) is 4.78. The molecule has 0 bridgehead atoms. The molecule has 3 nitrogen and oxygen atoms in total. The largest absolute Gasteiger partial charge is 0.493 e. The van der Waals surface area contributed by atoms with Crippen LogP contribution in [0.5, 0.6) is 11.5 Å². The van der Waals surface area contributed by atoms with Crippen LogP contribution in [0.25, 0.3) is 0 Å². The quantitative estimate of drug-likeness (QED) is 0.856.